The van der Waals surface area contributed by atoms with Gasteiger partial charge in [0.15, 0.2) is 0 Å². The molecule has 2 nitrogen and oxygen atoms in total. The summed E-state index contributed by atoms with van der Waals surface area (Å²) in [5.74, 6) is 0. The predicted octanol–water partition coefficient (Wildman–Crippen LogP) is 2.41. The van der Waals surface area contributed by atoms with Crippen molar-refractivity contribution in [1.82, 2.24) is 4.98 Å². The molecule has 0 aliphatic heterocycles. The molecule has 13 heavy (non-hydrogen) atoms. The van der Waals surface area contributed by atoms with E-state index in [1.165, 1.54) is 5.56 Å². The Kier molecular flexibility index (Phi) is 1.71. The minimum absolute atomic E-state index is 0.609. The van der Waals surface area contributed by atoms with Crippen molar-refractivity contribution in [1.29, 1.82) is 5.26 Å². The maximum Gasteiger partial charge on any atom is 0.101 e. The number of aryl methyl sites for hydroxylation is 1. The summed E-state index contributed by atoms with van der Waals surface area (Å²) in [5, 5.41) is 9.70. The molecule has 0 unspecified atom stereocenters. The van der Waals surface area contributed by atoms with Crippen LogP contribution in [0.5, 0.6) is 0 Å². The van der Waals surface area contributed by atoms with Crippen LogP contribution in [0, 0.1) is 18.3 Å². The van der Waals surface area contributed by atoms with Gasteiger partial charge < -0.3 is 0 Å². The fourth-order valence-electron chi connectivity index (χ4n) is 1.31. The summed E-state index contributed by atoms with van der Waals surface area (Å²) in [6, 6.07) is 9.94. The molecule has 0 amide bonds. The first-order valence-corrected chi connectivity index (χ1v) is 4.06. The number of nitriles is 1. The molecule has 1 heterocycles. The molecule has 1 aromatic carbocycles. The monoisotopic (exact) mass is 168 g/mol. The van der Waals surface area contributed by atoms with Gasteiger partial charge in [0, 0.05) is 11.6 Å². The lowest BCUT2D eigenvalue weighted by molar-refractivity contribution is 1.36. The summed E-state index contributed by atoms with van der Waals surface area (Å²) in [6.07, 6.45) is 1.59. The summed E-state index contributed by atoms with van der Waals surface area (Å²) in [4.78, 5) is 4.17. The zero-order valence-electron chi connectivity index (χ0n) is 7.28. The quantitative estimate of drug-likeness (QED) is 0.605. The van der Waals surface area contributed by atoms with E-state index in [-0.39, 0.29) is 0 Å². The molecule has 0 atom stereocenters. The highest BCUT2D eigenvalue weighted by Gasteiger charge is 1.96. The zero-order chi connectivity index (χ0) is 9.26. The number of benzene rings is 1. The van der Waals surface area contributed by atoms with Gasteiger partial charge in [-0.15, -0.1) is 0 Å². The van der Waals surface area contributed by atoms with E-state index < -0.39 is 0 Å². The molecule has 0 radical (unpaired) electrons. The van der Waals surface area contributed by atoms with E-state index in [0.29, 0.717) is 5.56 Å². The average molecular weight is 168 g/mol. The van der Waals surface area contributed by atoms with E-state index >= 15 is 0 Å². The minimum atomic E-state index is 0.609. The van der Waals surface area contributed by atoms with E-state index in [1.54, 1.807) is 6.20 Å². The summed E-state index contributed by atoms with van der Waals surface area (Å²) < 4.78 is 0. The molecule has 2 aromatic rings. The van der Waals surface area contributed by atoms with Crippen LogP contribution in [0.2, 0.25) is 0 Å². The minimum Gasteiger partial charge on any atom is -0.255 e. The number of hydrogen-bond acceptors (Lipinski definition) is 2. The second kappa shape index (κ2) is 2.87. The van der Waals surface area contributed by atoms with Crippen molar-refractivity contribution in [2.24, 2.45) is 0 Å². The van der Waals surface area contributed by atoms with Crippen LogP contribution in [-0.4, -0.2) is 4.98 Å². The molecule has 0 saturated carbocycles. The molecule has 0 fully saturated rings. The first-order chi connectivity index (χ1) is 6.29. The molecule has 0 N–H and O–H groups in total. The highest BCUT2D eigenvalue weighted by molar-refractivity contribution is 5.80. The van der Waals surface area contributed by atoms with Crippen molar-refractivity contribution in [3.63, 3.8) is 0 Å². The molecule has 0 spiro atoms. The summed E-state index contributed by atoms with van der Waals surface area (Å²) >= 11 is 0. The molecular formula is C11H8N2. The van der Waals surface area contributed by atoms with Crippen LogP contribution in [0.3, 0.4) is 0 Å². The van der Waals surface area contributed by atoms with Gasteiger partial charge in [-0.2, -0.15) is 5.26 Å². The van der Waals surface area contributed by atoms with Gasteiger partial charge in [0.05, 0.1) is 11.1 Å². The van der Waals surface area contributed by atoms with Crippen molar-refractivity contribution < 1.29 is 0 Å². The van der Waals surface area contributed by atoms with Gasteiger partial charge in [0.1, 0.15) is 6.07 Å². The largest absolute Gasteiger partial charge is 0.255 e. The average Bonchev–Trinajstić information content (AvgIpc) is 2.16. The number of nitrogens with zero attached hydrogens (tertiary/aromatic N) is 2. The Balaban J connectivity index is 2.77. The summed E-state index contributed by atoms with van der Waals surface area (Å²) in [7, 11) is 0. The Bertz CT molecular complexity index is 495. The molecule has 62 valence electrons. The lowest BCUT2D eigenvalue weighted by Crippen LogP contribution is -1.82. The van der Waals surface area contributed by atoms with Gasteiger partial charge in [0.2, 0.25) is 0 Å². The first kappa shape index (κ1) is 7.75. The van der Waals surface area contributed by atoms with Gasteiger partial charge in [-0.05, 0) is 25.1 Å². The maximum atomic E-state index is 8.68. The van der Waals surface area contributed by atoms with E-state index in [4.69, 9.17) is 5.26 Å². The van der Waals surface area contributed by atoms with Crippen LogP contribution in [0.4, 0.5) is 0 Å². The van der Waals surface area contributed by atoms with Crippen LogP contribution < -0.4 is 0 Å². The zero-order valence-corrected chi connectivity index (χ0v) is 7.28. The highest BCUT2D eigenvalue weighted by Crippen LogP contribution is 2.14. The van der Waals surface area contributed by atoms with E-state index in [9.17, 15) is 0 Å². The molecule has 2 rings (SSSR count). The molecular weight excluding hydrogens is 160 g/mol. The standard InChI is InChI=1S/C11H8N2/c1-8-2-3-11-10(4-8)5-9(6-12)7-13-11/h2-5,7H,1H3. The Morgan fingerprint density at radius 1 is 1.31 bits per heavy atom. The van der Waals surface area contributed by atoms with Crippen LogP contribution in [0.1, 0.15) is 11.1 Å². The topological polar surface area (TPSA) is 36.7 Å². The predicted molar refractivity (Wildman–Crippen MR) is 51.2 cm³/mol. The second-order valence-corrected chi connectivity index (χ2v) is 3.03. The number of hydrogen-bond donors (Lipinski definition) is 0. The second-order valence-electron chi connectivity index (χ2n) is 3.03. The van der Waals surface area contributed by atoms with Crippen LogP contribution in [-0.2, 0) is 0 Å². The van der Waals surface area contributed by atoms with E-state index in [1.807, 2.05) is 31.2 Å². The lowest BCUT2D eigenvalue weighted by atomic mass is 10.1. The summed E-state index contributed by atoms with van der Waals surface area (Å²) in [6.45, 7) is 2.03. The van der Waals surface area contributed by atoms with Gasteiger partial charge in [-0.1, -0.05) is 11.6 Å². The fraction of sp³-hybridized carbons (Fsp3) is 0.0909. The molecule has 0 bridgehead atoms. The van der Waals surface area contributed by atoms with Gasteiger partial charge in [-0.3, -0.25) is 4.98 Å². The smallest absolute Gasteiger partial charge is 0.101 e. The van der Waals surface area contributed by atoms with Crippen LogP contribution in [0.25, 0.3) is 10.9 Å². The van der Waals surface area contributed by atoms with E-state index in [2.05, 4.69) is 11.1 Å². The number of aromatic nitrogens is 1. The fourth-order valence-corrected chi connectivity index (χ4v) is 1.31. The van der Waals surface area contributed by atoms with Crippen molar-refractivity contribution >= 4 is 10.9 Å². The molecule has 0 aliphatic carbocycles. The van der Waals surface area contributed by atoms with Crippen molar-refractivity contribution in [3.8, 4) is 6.07 Å². The maximum absolute atomic E-state index is 8.68. The first-order valence-electron chi connectivity index (χ1n) is 4.06. The normalized spacial score (nSPS) is 9.85. The van der Waals surface area contributed by atoms with Crippen LogP contribution in [0.15, 0.2) is 30.5 Å². The summed E-state index contributed by atoms with van der Waals surface area (Å²) in [5.41, 5.74) is 2.73. The number of rotatable bonds is 0. The van der Waals surface area contributed by atoms with E-state index in [0.717, 1.165) is 10.9 Å². The number of pyridine rings is 1. The highest BCUT2D eigenvalue weighted by atomic mass is 14.6. The van der Waals surface area contributed by atoms with Crippen LogP contribution >= 0.6 is 0 Å². The van der Waals surface area contributed by atoms with Gasteiger partial charge in [-0.25, -0.2) is 0 Å². The molecule has 2 heteroatoms. The van der Waals surface area contributed by atoms with Gasteiger partial charge >= 0.3 is 0 Å². The van der Waals surface area contributed by atoms with Crippen molar-refractivity contribution in [2.75, 3.05) is 0 Å². The third-order valence-corrected chi connectivity index (χ3v) is 1.97. The SMILES string of the molecule is Cc1ccc2ncc(C#N)cc2c1. The lowest BCUT2D eigenvalue weighted by Gasteiger charge is -1.98. The Morgan fingerprint density at radius 2 is 2.15 bits per heavy atom. The third-order valence-electron chi connectivity index (χ3n) is 1.97. The Labute approximate surface area is 76.5 Å². The van der Waals surface area contributed by atoms with Gasteiger partial charge in [0.25, 0.3) is 0 Å². The third kappa shape index (κ3) is 1.36. The molecule has 1 aromatic heterocycles. The Morgan fingerprint density at radius 3 is 2.92 bits per heavy atom. The van der Waals surface area contributed by atoms with Crippen molar-refractivity contribution in [3.05, 3.63) is 41.6 Å². The molecule has 0 aliphatic rings. The molecule has 0 saturated heterocycles. The Hall–Kier alpha value is -1.88. The van der Waals surface area contributed by atoms with Crippen molar-refractivity contribution in [2.45, 2.75) is 6.92 Å². The number of fused-ring (bicyclic) bond motifs is 1.